The third kappa shape index (κ3) is 5.66. The van der Waals surface area contributed by atoms with E-state index in [2.05, 4.69) is 60.4 Å². The largest absolute Gasteiger partial charge is 0.389 e. The molecule has 0 radical (unpaired) electrons. The molecule has 2 atom stereocenters. The van der Waals surface area contributed by atoms with Gasteiger partial charge in [-0.3, -0.25) is 0 Å². The Morgan fingerprint density at radius 3 is 2.19 bits per heavy atom. The van der Waals surface area contributed by atoms with Crippen LogP contribution in [0.15, 0.2) is 60.7 Å². The SMILES string of the molecule is C[C@@H]1CCCN(C[C@@H](O)COCC(c2ccccc2)c2ccccc2)C1. The highest BCUT2D eigenvalue weighted by Crippen LogP contribution is 2.25. The summed E-state index contributed by atoms with van der Waals surface area (Å²) in [5, 5.41) is 10.4. The van der Waals surface area contributed by atoms with E-state index in [4.69, 9.17) is 4.74 Å². The number of benzene rings is 2. The van der Waals surface area contributed by atoms with E-state index in [1.807, 2.05) is 12.1 Å². The lowest BCUT2D eigenvalue weighted by atomic mass is 9.92. The van der Waals surface area contributed by atoms with Crippen LogP contribution in [-0.2, 0) is 4.74 Å². The lowest BCUT2D eigenvalue weighted by molar-refractivity contribution is 0.00786. The molecule has 1 saturated heterocycles. The maximum atomic E-state index is 10.4. The number of β-amino-alcohol motifs (C(OH)–C–C–N with tert-alkyl or cyclic N) is 1. The van der Waals surface area contributed by atoms with Gasteiger partial charge in [-0.1, -0.05) is 67.6 Å². The lowest BCUT2D eigenvalue weighted by Crippen LogP contribution is -2.40. The molecule has 140 valence electrons. The molecule has 1 fully saturated rings. The molecular weight excluding hydrogens is 322 g/mol. The Kier molecular flexibility index (Phi) is 7.24. The fourth-order valence-corrected chi connectivity index (χ4v) is 3.88. The van der Waals surface area contributed by atoms with Gasteiger partial charge in [-0.15, -0.1) is 0 Å². The number of aliphatic hydroxyl groups is 1. The van der Waals surface area contributed by atoms with Crippen molar-refractivity contribution in [3.05, 3.63) is 71.8 Å². The Balaban J connectivity index is 1.53. The minimum atomic E-state index is -0.424. The summed E-state index contributed by atoms with van der Waals surface area (Å²) in [6, 6.07) is 20.9. The van der Waals surface area contributed by atoms with Crippen LogP contribution in [0, 0.1) is 5.92 Å². The number of rotatable bonds is 8. The molecule has 0 aliphatic carbocycles. The van der Waals surface area contributed by atoms with E-state index < -0.39 is 6.10 Å². The van der Waals surface area contributed by atoms with Crippen LogP contribution in [0.3, 0.4) is 0 Å². The predicted molar refractivity (Wildman–Crippen MR) is 106 cm³/mol. The molecular formula is C23H31NO2. The standard InChI is InChI=1S/C23H31NO2/c1-19-9-8-14-24(15-19)16-22(25)17-26-18-23(20-10-4-2-5-11-20)21-12-6-3-7-13-21/h2-7,10-13,19,22-23,25H,8-9,14-18H2,1H3/t19-,22-/m1/s1. The second kappa shape index (κ2) is 9.86. The van der Waals surface area contributed by atoms with Crippen LogP contribution in [0.5, 0.6) is 0 Å². The summed E-state index contributed by atoms with van der Waals surface area (Å²) in [4.78, 5) is 2.37. The molecule has 0 saturated carbocycles. The van der Waals surface area contributed by atoms with Gasteiger partial charge in [0.2, 0.25) is 0 Å². The number of ether oxygens (including phenoxy) is 1. The third-order valence-corrected chi connectivity index (χ3v) is 5.21. The number of hydrogen-bond donors (Lipinski definition) is 1. The van der Waals surface area contributed by atoms with Gasteiger partial charge in [0.1, 0.15) is 0 Å². The minimum Gasteiger partial charge on any atom is -0.389 e. The molecule has 1 heterocycles. The monoisotopic (exact) mass is 353 g/mol. The fourth-order valence-electron chi connectivity index (χ4n) is 3.88. The van der Waals surface area contributed by atoms with Gasteiger partial charge in [0.25, 0.3) is 0 Å². The average Bonchev–Trinajstić information content (AvgIpc) is 2.67. The Morgan fingerprint density at radius 2 is 1.62 bits per heavy atom. The second-order valence-corrected chi connectivity index (χ2v) is 7.57. The third-order valence-electron chi connectivity index (χ3n) is 5.21. The highest BCUT2D eigenvalue weighted by Gasteiger charge is 2.20. The summed E-state index contributed by atoms with van der Waals surface area (Å²) in [7, 11) is 0. The lowest BCUT2D eigenvalue weighted by Gasteiger charge is -2.32. The van der Waals surface area contributed by atoms with Crippen molar-refractivity contribution < 1.29 is 9.84 Å². The number of likely N-dealkylation sites (tertiary alicyclic amines) is 1. The molecule has 0 spiro atoms. The number of hydrogen-bond acceptors (Lipinski definition) is 3. The summed E-state index contributed by atoms with van der Waals surface area (Å²) in [6.07, 6.45) is 2.12. The number of nitrogens with zero attached hydrogens (tertiary/aromatic N) is 1. The van der Waals surface area contributed by atoms with Gasteiger partial charge >= 0.3 is 0 Å². The predicted octanol–water partition coefficient (Wildman–Crippen LogP) is 3.93. The molecule has 0 bridgehead atoms. The minimum absolute atomic E-state index is 0.194. The fraction of sp³-hybridized carbons (Fsp3) is 0.478. The summed E-state index contributed by atoms with van der Waals surface area (Å²) in [6.45, 7) is 6.17. The van der Waals surface area contributed by atoms with Crippen LogP contribution in [0.25, 0.3) is 0 Å². The van der Waals surface area contributed by atoms with Gasteiger partial charge in [0, 0.05) is 19.0 Å². The van der Waals surface area contributed by atoms with Crippen molar-refractivity contribution in [1.29, 1.82) is 0 Å². The van der Waals surface area contributed by atoms with Gasteiger partial charge in [0.05, 0.1) is 19.3 Å². The zero-order valence-corrected chi connectivity index (χ0v) is 15.8. The Labute approximate surface area is 157 Å². The molecule has 3 nitrogen and oxygen atoms in total. The van der Waals surface area contributed by atoms with E-state index in [9.17, 15) is 5.11 Å². The van der Waals surface area contributed by atoms with Crippen LogP contribution in [0.4, 0.5) is 0 Å². The zero-order valence-electron chi connectivity index (χ0n) is 15.8. The highest BCUT2D eigenvalue weighted by atomic mass is 16.5. The van der Waals surface area contributed by atoms with Gasteiger partial charge in [-0.2, -0.15) is 0 Å². The van der Waals surface area contributed by atoms with Crippen molar-refractivity contribution in [1.82, 2.24) is 4.90 Å². The maximum absolute atomic E-state index is 10.4. The summed E-state index contributed by atoms with van der Waals surface area (Å²) >= 11 is 0. The zero-order chi connectivity index (χ0) is 18.2. The van der Waals surface area contributed by atoms with E-state index >= 15 is 0 Å². The molecule has 2 aromatic rings. The highest BCUT2D eigenvalue weighted by molar-refractivity contribution is 5.32. The maximum Gasteiger partial charge on any atom is 0.0900 e. The van der Waals surface area contributed by atoms with Crippen molar-refractivity contribution in [2.45, 2.75) is 31.8 Å². The van der Waals surface area contributed by atoms with E-state index in [1.165, 1.54) is 24.0 Å². The van der Waals surface area contributed by atoms with Crippen LogP contribution in [0.2, 0.25) is 0 Å². The normalized spacial score (nSPS) is 19.6. The van der Waals surface area contributed by atoms with Gasteiger partial charge in [0.15, 0.2) is 0 Å². The first-order valence-electron chi connectivity index (χ1n) is 9.80. The molecule has 3 heteroatoms. The van der Waals surface area contributed by atoms with Crippen molar-refractivity contribution in [2.24, 2.45) is 5.92 Å². The van der Waals surface area contributed by atoms with Crippen LogP contribution in [-0.4, -0.2) is 49.0 Å². The smallest absolute Gasteiger partial charge is 0.0900 e. The number of aliphatic hydroxyl groups excluding tert-OH is 1. The molecule has 3 rings (SSSR count). The van der Waals surface area contributed by atoms with E-state index in [1.54, 1.807) is 0 Å². The second-order valence-electron chi connectivity index (χ2n) is 7.57. The molecule has 2 aromatic carbocycles. The summed E-state index contributed by atoms with van der Waals surface area (Å²) in [5.74, 6) is 0.928. The summed E-state index contributed by atoms with van der Waals surface area (Å²) < 4.78 is 5.96. The Morgan fingerprint density at radius 1 is 1.00 bits per heavy atom. The average molecular weight is 354 g/mol. The number of piperidine rings is 1. The topological polar surface area (TPSA) is 32.7 Å². The molecule has 0 amide bonds. The molecule has 1 aliphatic heterocycles. The quantitative estimate of drug-likeness (QED) is 0.780. The van der Waals surface area contributed by atoms with Gasteiger partial charge in [-0.05, 0) is 36.4 Å². The van der Waals surface area contributed by atoms with E-state index in [0.29, 0.717) is 19.8 Å². The molecule has 0 aromatic heterocycles. The molecule has 26 heavy (non-hydrogen) atoms. The van der Waals surface area contributed by atoms with Gasteiger partial charge < -0.3 is 14.7 Å². The Bertz CT molecular complexity index is 592. The van der Waals surface area contributed by atoms with Crippen LogP contribution >= 0.6 is 0 Å². The van der Waals surface area contributed by atoms with Crippen molar-refractivity contribution in [3.8, 4) is 0 Å². The van der Waals surface area contributed by atoms with Crippen LogP contribution in [0.1, 0.15) is 36.8 Å². The first-order valence-corrected chi connectivity index (χ1v) is 9.80. The summed E-state index contributed by atoms with van der Waals surface area (Å²) in [5.41, 5.74) is 2.50. The van der Waals surface area contributed by atoms with E-state index in [0.717, 1.165) is 19.0 Å². The first kappa shape index (κ1) is 19.1. The van der Waals surface area contributed by atoms with Crippen molar-refractivity contribution in [3.63, 3.8) is 0 Å². The van der Waals surface area contributed by atoms with Crippen molar-refractivity contribution >= 4 is 0 Å². The molecule has 1 N–H and O–H groups in total. The molecule has 1 aliphatic rings. The van der Waals surface area contributed by atoms with Crippen molar-refractivity contribution in [2.75, 3.05) is 32.8 Å². The van der Waals surface area contributed by atoms with Gasteiger partial charge in [-0.25, -0.2) is 0 Å². The van der Waals surface area contributed by atoms with Crippen LogP contribution < -0.4 is 0 Å². The molecule has 0 unspecified atom stereocenters. The first-order chi connectivity index (χ1) is 12.7. The van der Waals surface area contributed by atoms with E-state index in [-0.39, 0.29) is 5.92 Å². The Hall–Kier alpha value is -1.68.